The van der Waals surface area contributed by atoms with Gasteiger partial charge in [-0.15, -0.1) is 0 Å². The van der Waals surface area contributed by atoms with E-state index in [2.05, 4.69) is 4.98 Å². The monoisotopic (exact) mass is 212 g/mol. The average molecular weight is 212 g/mol. The molecule has 0 unspecified atom stereocenters. The fourth-order valence-electron chi connectivity index (χ4n) is 1.23. The van der Waals surface area contributed by atoms with Crippen molar-refractivity contribution in [2.75, 3.05) is 14.2 Å². The molecule has 1 aromatic heterocycles. The molecule has 0 aliphatic rings. The van der Waals surface area contributed by atoms with Crippen molar-refractivity contribution in [2.24, 2.45) is 5.90 Å². The maximum absolute atomic E-state index is 5.24. The highest BCUT2D eigenvalue weighted by Crippen LogP contribution is 2.32. The van der Waals surface area contributed by atoms with Crippen LogP contribution in [0.2, 0.25) is 0 Å². The highest BCUT2D eigenvalue weighted by molar-refractivity contribution is 5.38. The molecule has 5 nitrogen and oxygen atoms in total. The number of hydrogen-bond acceptors (Lipinski definition) is 5. The largest absolute Gasteiger partial charge is 0.495 e. The lowest BCUT2D eigenvalue weighted by Gasteiger charge is -2.24. The third-order valence-electron chi connectivity index (χ3n) is 2.21. The second kappa shape index (κ2) is 4.46. The van der Waals surface area contributed by atoms with E-state index in [4.69, 9.17) is 20.2 Å². The Hall–Kier alpha value is -1.33. The molecular weight excluding hydrogens is 196 g/mol. The number of hydrogen-bond donors (Lipinski definition) is 1. The Balaban J connectivity index is 3.23. The first-order chi connectivity index (χ1) is 7.05. The SMILES string of the molecule is COc1cc(C(C)(C)ON)c(OC)cn1. The number of rotatable bonds is 4. The maximum atomic E-state index is 5.24. The molecule has 0 amide bonds. The van der Waals surface area contributed by atoms with Crippen LogP contribution in [0.3, 0.4) is 0 Å². The second-order valence-corrected chi connectivity index (χ2v) is 3.56. The van der Waals surface area contributed by atoms with Gasteiger partial charge < -0.3 is 9.47 Å². The summed E-state index contributed by atoms with van der Waals surface area (Å²) in [4.78, 5) is 8.94. The van der Waals surface area contributed by atoms with E-state index in [9.17, 15) is 0 Å². The molecule has 15 heavy (non-hydrogen) atoms. The van der Waals surface area contributed by atoms with Crippen molar-refractivity contribution in [1.82, 2.24) is 4.98 Å². The molecule has 5 heteroatoms. The molecule has 1 aromatic rings. The van der Waals surface area contributed by atoms with Crippen LogP contribution in [-0.4, -0.2) is 19.2 Å². The molecule has 0 bridgehead atoms. The van der Waals surface area contributed by atoms with Crippen LogP contribution in [-0.2, 0) is 10.4 Å². The van der Waals surface area contributed by atoms with Gasteiger partial charge in [-0.2, -0.15) is 0 Å². The molecule has 1 heterocycles. The zero-order valence-electron chi connectivity index (χ0n) is 9.40. The molecule has 1 rings (SSSR count). The summed E-state index contributed by atoms with van der Waals surface area (Å²) in [5, 5.41) is 0. The van der Waals surface area contributed by atoms with Crippen molar-refractivity contribution < 1.29 is 14.3 Å². The lowest BCUT2D eigenvalue weighted by molar-refractivity contribution is -0.0253. The number of aromatic nitrogens is 1. The van der Waals surface area contributed by atoms with Crippen molar-refractivity contribution in [3.63, 3.8) is 0 Å². The van der Waals surface area contributed by atoms with E-state index in [0.29, 0.717) is 11.6 Å². The first-order valence-corrected chi connectivity index (χ1v) is 4.51. The third kappa shape index (κ3) is 2.37. The summed E-state index contributed by atoms with van der Waals surface area (Å²) in [6.07, 6.45) is 1.58. The minimum atomic E-state index is -0.651. The van der Waals surface area contributed by atoms with Crippen LogP contribution in [0.4, 0.5) is 0 Å². The maximum Gasteiger partial charge on any atom is 0.213 e. The van der Waals surface area contributed by atoms with Gasteiger partial charge in [0.1, 0.15) is 11.4 Å². The van der Waals surface area contributed by atoms with E-state index >= 15 is 0 Å². The Morgan fingerprint density at radius 2 is 1.93 bits per heavy atom. The Morgan fingerprint density at radius 1 is 1.27 bits per heavy atom. The van der Waals surface area contributed by atoms with Crippen LogP contribution in [0.5, 0.6) is 11.6 Å². The molecule has 0 aliphatic heterocycles. The Kier molecular flexibility index (Phi) is 3.49. The summed E-state index contributed by atoms with van der Waals surface area (Å²) in [6, 6.07) is 1.74. The molecular formula is C10H16N2O3. The molecule has 0 saturated carbocycles. The van der Waals surface area contributed by atoms with Crippen LogP contribution in [0.1, 0.15) is 19.4 Å². The van der Waals surface area contributed by atoms with Crippen LogP contribution in [0.15, 0.2) is 12.3 Å². The topological polar surface area (TPSA) is 66.6 Å². The van der Waals surface area contributed by atoms with Gasteiger partial charge in [0.15, 0.2) is 0 Å². The molecule has 2 N–H and O–H groups in total. The first kappa shape index (κ1) is 11.7. The van der Waals surface area contributed by atoms with E-state index in [1.165, 1.54) is 0 Å². The van der Waals surface area contributed by atoms with Crippen LogP contribution in [0.25, 0.3) is 0 Å². The van der Waals surface area contributed by atoms with Gasteiger partial charge in [-0.25, -0.2) is 10.9 Å². The van der Waals surface area contributed by atoms with Crippen molar-refractivity contribution in [2.45, 2.75) is 19.4 Å². The quantitative estimate of drug-likeness (QED) is 0.760. The predicted octanol–water partition coefficient (Wildman–Crippen LogP) is 1.22. The summed E-state index contributed by atoms with van der Waals surface area (Å²) in [5.41, 5.74) is 0.140. The summed E-state index contributed by atoms with van der Waals surface area (Å²) in [6.45, 7) is 3.68. The van der Waals surface area contributed by atoms with Gasteiger partial charge in [-0.1, -0.05) is 0 Å². The standard InChI is InChI=1S/C10H16N2O3/c1-10(2,15-11)7-5-9(14-4)12-6-8(7)13-3/h5-6H,11H2,1-4H3. The number of methoxy groups -OCH3 is 2. The van der Waals surface area contributed by atoms with E-state index in [1.54, 1.807) is 26.5 Å². The molecule has 0 aromatic carbocycles. The van der Waals surface area contributed by atoms with Crippen molar-refractivity contribution in [1.29, 1.82) is 0 Å². The van der Waals surface area contributed by atoms with Gasteiger partial charge in [0.2, 0.25) is 5.88 Å². The van der Waals surface area contributed by atoms with Crippen molar-refractivity contribution in [3.8, 4) is 11.6 Å². The predicted molar refractivity (Wildman–Crippen MR) is 55.6 cm³/mol. The average Bonchev–Trinajstić information content (AvgIpc) is 2.28. The fraction of sp³-hybridized carbons (Fsp3) is 0.500. The van der Waals surface area contributed by atoms with Gasteiger partial charge in [0.25, 0.3) is 0 Å². The van der Waals surface area contributed by atoms with Gasteiger partial charge >= 0.3 is 0 Å². The summed E-state index contributed by atoms with van der Waals surface area (Å²) in [5.74, 6) is 6.35. The summed E-state index contributed by atoms with van der Waals surface area (Å²) < 4.78 is 10.2. The Morgan fingerprint density at radius 3 is 2.40 bits per heavy atom. The van der Waals surface area contributed by atoms with E-state index in [-0.39, 0.29) is 0 Å². The third-order valence-corrected chi connectivity index (χ3v) is 2.21. The number of nitrogens with two attached hydrogens (primary N) is 1. The Labute approximate surface area is 89.1 Å². The van der Waals surface area contributed by atoms with Gasteiger partial charge in [0, 0.05) is 11.6 Å². The molecule has 0 radical (unpaired) electrons. The highest BCUT2D eigenvalue weighted by Gasteiger charge is 2.25. The molecule has 0 fully saturated rings. The van der Waals surface area contributed by atoms with Crippen LogP contribution < -0.4 is 15.4 Å². The number of pyridine rings is 1. The fourth-order valence-corrected chi connectivity index (χ4v) is 1.23. The number of nitrogens with zero attached hydrogens (tertiary/aromatic N) is 1. The minimum absolute atomic E-state index is 0.496. The van der Waals surface area contributed by atoms with E-state index < -0.39 is 5.60 Å². The molecule has 0 atom stereocenters. The van der Waals surface area contributed by atoms with Gasteiger partial charge in [-0.3, -0.25) is 4.84 Å². The molecule has 84 valence electrons. The number of ether oxygens (including phenoxy) is 2. The zero-order valence-corrected chi connectivity index (χ0v) is 9.40. The summed E-state index contributed by atoms with van der Waals surface area (Å²) in [7, 11) is 3.12. The van der Waals surface area contributed by atoms with E-state index in [0.717, 1.165) is 5.56 Å². The van der Waals surface area contributed by atoms with Gasteiger partial charge in [-0.05, 0) is 13.8 Å². The highest BCUT2D eigenvalue weighted by atomic mass is 16.6. The molecule has 0 aliphatic carbocycles. The van der Waals surface area contributed by atoms with Crippen molar-refractivity contribution in [3.05, 3.63) is 17.8 Å². The normalized spacial score (nSPS) is 11.3. The van der Waals surface area contributed by atoms with E-state index in [1.807, 2.05) is 13.8 Å². The first-order valence-electron chi connectivity index (χ1n) is 4.51. The zero-order chi connectivity index (χ0) is 11.5. The van der Waals surface area contributed by atoms with Gasteiger partial charge in [0.05, 0.1) is 20.4 Å². The summed E-state index contributed by atoms with van der Waals surface area (Å²) >= 11 is 0. The smallest absolute Gasteiger partial charge is 0.213 e. The molecule has 0 spiro atoms. The lowest BCUT2D eigenvalue weighted by Crippen LogP contribution is -2.26. The second-order valence-electron chi connectivity index (χ2n) is 3.56. The van der Waals surface area contributed by atoms with Crippen LogP contribution >= 0.6 is 0 Å². The van der Waals surface area contributed by atoms with Crippen molar-refractivity contribution >= 4 is 0 Å². The molecule has 0 saturated heterocycles. The minimum Gasteiger partial charge on any atom is -0.495 e. The Bertz CT molecular complexity index is 339. The van der Waals surface area contributed by atoms with Crippen LogP contribution in [0, 0.1) is 0 Å². The lowest BCUT2D eigenvalue weighted by atomic mass is 9.98.